The molecule has 0 aliphatic heterocycles. The third-order valence-electron chi connectivity index (χ3n) is 4.36. The maximum absolute atomic E-state index is 5.61. The lowest BCUT2D eigenvalue weighted by molar-refractivity contribution is 0.0340. The van der Waals surface area contributed by atoms with E-state index < -0.39 is 0 Å². The molecule has 0 aromatic heterocycles. The molecule has 0 fully saturated rings. The summed E-state index contributed by atoms with van der Waals surface area (Å²) in [6.07, 6.45) is 16.5. The highest BCUT2D eigenvalue weighted by molar-refractivity contribution is 4.48. The van der Waals surface area contributed by atoms with Crippen molar-refractivity contribution in [3.8, 4) is 0 Å². The fourth-order valence-corrected chi connectivity index (χ4v) is 2.49. The van der Waals surface area contributed by atoms with Crippen molar-refractivity contribution in [3.63, 3.8) is 0 Å². The SMILES string of the molecule is CCCCCCCCCCCCCOCCOCC(C)CC. The van der Waals surface area contributed by atoms with Crippen LogP contribution in [0.1, 0.15) is 97.8 Å². The molecule has 0 heterocycles. The quantitative estimate of drug-likeness (QED) is 0.273. The van der Waals surface area contributed by atoms with Crippen LogP contribution in [0.2, 0.25) is 0 Å². The number of unbranched alkanes of at least 4 members (excludes halogenated alkanes) is 10. The van der Waals surface area contributed by atoms with Gasteiger partial charge in [0.05, 0.1) is 13.2 Å². The summed E-state index contributed by atoms with van der Waals surface area (Å²) in [5.41, 5.74) is 0. The summed E-state index contributed by atoms with van der Waals surface area (Å²) < 4.78 is 11.2. The molecule has 134 valence electrons. The van der Waals surface area contributed by atoms with Gasteiger partial charge < -0.3 is 9.47 Å². The number of hydrogen-bond donors (Lipinski definition) is 0. The average Bonchev–Trinajstić information content (AvgIpc) is 2.54. The first-order chi connectivity index (χ1) is 10.8. The van der Waals surface area contributed by atoms with E-state index in [1.165, 1.54) is 77.0 Å². The van der Waals surface area contributed by atoms with Crippen LogP contribution in [-0.4, -0.2) is 26.4 Å². The van der Waals surface area contributed by atoms with Gasteiger partial charge in [0.1, 0.15) is 0 Å². The smallest absolute Gasteiger partial charge is 0.0700 e. The van der Waals surface area contributed by atoms with Crippen molar-refractivity contribution in [1.29, 1.82) is 0 Å². The Morgan fingerprint density at radius 3 is 1.64 bits per heavy atom. The van der Waals surface area contributed by atoms with Gasteiger partial charge in [-0.15, -0.1) is 0 Å². The lowest BCUT2D eigenvalue weighted by atomic mass is 10.1. The van der Waals surface area contributed by atoms with Gasteiger partial charge in [-0.2, -0.15) is 0 Å². The minimum absolute atomic E-state index is 0.673. The van der Waals surface area contributed by atoms with E-state index in [1.807, 2.05) is 0 Å². The van der Waals surface area contributed by atoms with Crippen LogP contribution in [0.3, 0.4) is 0 Å². The molecule has 0 saturated heterocycles. The topological polar surface area (TPSA) is 18.5 Å². The third kappa shape index (κ3) is 18.0. The molecule has 22 heavy (non-hydrogen) atoms. The van der Waals surface area contributed by atoms with Crippen molar-refractivity contribution in [1.82, 2.24) is 0 Å². The highest BCUT2D eigenvalue weighted by Gasteiger charge is 1.98. The van der Waals surface area contributed by atoms with Gasteiger partial charge in [0.15, 0.2) is 0 Å². The molecule has 2 nitrogen and oxygen atoms in total. The first-order valence-corrected chi connectivity index (χ1v) is 9.96. The predicted octanol–water partition coefficient (Wildman–Crippen LogP) is 6.38. The van der Waals surface area contributed by atoms with Crippen LogP contribution in [0.5, 0.6) is 0 Å². The van der Waals surface area contributed by atoms with E-state index in [2.05, 4.69) is 20.8 Å². The van der Waals surface area contributed by atoms with Gasteiger partial charge in [0.2, 0.25) is 0 Å². The summed E-state index contributed by atoms with van der Waals surface area (Å²) in [5.74, 6) is 0.673. The van der Waals surface area contributed by atoms with Crippen LogP contribution in [0.25, 0.3) is 0 Å². The number of hydrogen-bond acceptors (Lipinski definition) is 2. The minimum atomic E-state index is 0.673. The molecule has 1 atom stereocenters. The van der Waals surface area contributed by atoms with Gasteiger partial charge in [-0.1, -0.05) is 91.4 Å². The number of rotatable bonds is 18. The van der Waals surface area contributed by atoms with Gasteiger partial charge in [-0.3, -0.25) is 0 Å². The van der Waals surface area contributed by atoms with Crippen molar-refractivity contribution in [2.24, 2.45) is 5.92 Å². The fourth-order valence-electron chi connectivity index (χ4n) is 2.49. The summed E-state index contributed by atoms with van der Waals surface area (Å²) in [5, 5.41) is 0. The molecular weight excluding hydrogens is 272 g/mol. The standard InChI is InChI=1S/C20H42O2/c1-4-6-7-8-9-10-11-12-13-14-15-16-21-17-18-22-19-20(3)5-2/h20H,4-19H2,1-3H3. The molecular formula is C20H42O2. The van der Waals surface area contributed by atoms with Gasteiger partial charge in [0.25, 0.3) is 0 Å². The Balaban J connectivity index is 2.97. The molecule has 0 bridgehead atoms. The van der Waals surface area contributed by atoms with Crippen molar-refractivity contribution < 1.29 is 9.47 Å². The Bertz CT molecular complexity index is 194. The average molecular weight is 315 g/mol. The second kappa shape index (κ2) is 19.0. The highest BCUT2D eigenvalue weighted by Crippen LogP contribution is 2.11. The summed E-state index contributed by atoms with van der Waals surface area (Å²) in [6.45, 7) is 10.0. The molecule has 0 spiro atoms. The Hall–Kier alpha value is -0.0800. The number of ether oxygens (including phenoxy) is 2. The van der Waals surface area contributed by atoms with E-state index in [-0.39, 0.29) is 0 Å². The molecule has 0 aliphatic rings. The first kappa shape index (κ1) is 21.9. The summed E-state index contributed by atoms with van der Waals surface area (Å²) in [7, 11) is 0. The lowest BCUT2D eigenvalue weighted by Crippen LogP contribution is -2.10. The molecule has 0 rings (SSSR count). The van der Waals surface area contributed by atoms with Crippen LogP contribution < -0.4 is 0 Å². The normalized spacial score (nSPS) is 12.7. The van der Waals surface area contributed by atoms with Crippen LogP contribution in [0, 0.1) is 5.92 Å². The van der Waals surface area contributed by atoms with Crippen LogP contribution in [0.15, 0.2) is 0 Å². The van der Waals surface area contributed by atoms with E-state index in [4.69, 9.17) is 9.47 Å². The van der Waals surface area contributed by atoms with Gasteiger partial charge in [0, 0.05) is 13.2 Å². The zero-order chi connectivity index (χ0) is 16.3. The van der Waals surface area contributed by atoms with E-state index in [0.29, 0.717) is 5.92 Å². The second-order valence-corrected chi connectivity index (χ2v) is 6.74. The largest absolute Gasteiger partial charge is 0.379 e. The van der Waals surface area contributed by atoms with Gasteiger partial charge in [-0.05, 0) is 12.3 Å². The van der Waals surface area contributed by atoms with Crippen molar-refractivity contribution >= 4 is 0 Å². The maximum Gasteiger partial charge on any atom is 0.0700 e. The molecule has 0 saturated carbocycles. The monoisotopic (exact) mass is 314 g/mol. The van der Waals surface area contributed by atoms with Crippen molar-refractivity contribution in [2.75, 3.05) is 26.4 Å². The Morgan fingerprint density at radius 1 is 0.591 bits per heavy atom. The molecule has 0 N–H and O–H groups in total. The molecule has 2 heteroatoms. The third-order valence-corrected chi connectivity index (χ3v) is 4.36. The Kier molecular flexibility index (Phi) is 18.9. The van der Waals surface area contributed by atoms with E-state index in [0.717, 1.165) is 26.4 Å². The fraction of sp³-hybridized carbons (Fsp3) is 1.00. The van der Waals surface area contributed by atoms with Crippen LogP contribution in [-0.2, 0) is 9.47 Å². The van der Waals surface area contributed by atoms with E-state index >= 15 is 0 Å². The van der Waals surface area contributed by atoms with Crippen LogP contribution >= 0.6 is 0 Å². The first-order valence-electron chi connectivity index (χ1n) is 9.96. The summed E-state index contributed by atoms with van der Waals surface area (Å²) in [6, 6.07) is 0. The highest BCUT2D eigenvalue weighted by atomic mass is 16.5. The minimum Gasteiger partial charge on any atom is -0.379 e. The Morgan fingerprint density at radius 2 is 1.09 bits per heavy atom. The summed E-state index contributed by atoms with van der Waals surface area (Å²) >= 11 is 0. The second-order valence-electron chi connectivity index (χ2n) is 6.74. The van der Waals surface area contributed by atoms with Crippen molar-refractivity contribution in [2.45, 2.75) is 97.8 Å². The van der Waals surface area contributed by atoms with E-state index in [9.17, 15) is 0 Å². The molecule has 0 radical (unpaired) electrons. The molecule has 0 aromatic rings. The van der Waals surface area contributed by atoms with Crippen molar-refractivity contribution in [3.05, 3.63) is 0 Å². The molecule has 1 unspecified atom stereocenters. The molecule has 0 aromatic carbocycles. The molecule has 0 aliphatic carbocycles. The van der Waals surface area contributed by atoms with Gasteiger partial charge in [-0.25, -0.2) is 0 Å². The van der Waals surface area contributed by atoms with Crippen LogP contribution in [0.4, 0.5) is 0 Å². The predicted molar refractivity (Wildman–Crippen MR) is 97.6 cm³/mol. The summed E-state index contributed by atoms with van der Waals surface area (Å²) in [4.78, 5) is 0. The van der Waals surface area contributed by atoms with E-state index in [1.54, 1.807) is 0 Å². The van der Waals surface area contributed by atoms with Gasteiger partial charge >= 0.3 is 0 Å². The zero-order valence-corrected chi connectivity index (χ0v) is 15.7. The maximum atomic E-state index is 5.61. The zero-order valence-electron chi connectivity index (χ0n) is 15.7. The Labute approximate surface area is 140 Å². The lowest BCUT2D eigenvalue weighted by Gasteiger charge is -2.09. The molecule has 0 amide bonds.